The van der Waals surface area contributed by atoms with Gasteiger partial charge in [-0.3, -0.25) is 0 Å². The molecule has 0 saturated heterocycles. The molecule has 2 nitrogen and oxygen atoms in total. The Morgan fingerprint density at radius 3 is 2.62 bits per heavy atom. The van der Waals surface area contributed by atoms with Crippen LogP contribution in [0.15, 0.2) is 48.5 Å². The number of benzene rings is 2. The number of aliphatic hydroxyl groups excluding tert-OH is 1. The molecule has 0 aliphatic heterocycles. The Hall–Kier alpha value is -2.06. The van der Waals surface area contributed by atoms with Gasteiger partial charge in [0.05, 0.1) is 6.61 Å². The lowest BCUT2D eigenvalue weighted by molar-refractivity contribution is 0.233. The predicted molar refractivity (Wildman–Crippen MR) is 86.3 cm³/mol. The molecule has 0 saturated carbocycles. The quantitative estimate of drug-likeness (QED) is 0.841. The van der Waals surface area contributed by atoms with Crippen LogP contribution >= 0.6 is 0 Å². The largest absolute Gasteiger partial charge is 0.493 e. The van der Waals surface area contributed by atoms with Crippen LogP contribution in [0.5, 0.6) is 5.75 Å². The van der Waals surface area contributed by atoms with E-state index in [0.717, 1.165) is 18.6 Å². The van der Waals surface area contributed by atoms with Crippen LogP contribution in [0.25, 0.3) is 11.6 Å². The van der Waals surface area contributed by atoms with Crippen LogP contribution < -0.4 is 4.74 Å². The third-order valence-corrected chi connectivity index (χ3v) is 3.84. The van der Waals surface area contributed by atoms with E-state index in [0.29, 0.717) is 13.0 Å². The van der Waals surface area contributed by atoms with E-state index in [2.05, 4.69) is 42.5 Å². The number of fused-ring (bicyclic) bond motifs is 1. The third kappa shape index (κ3) is 3.17. The van der Waals surface area contributed by atoms with E-state index in [4.69, 9.17) is 9.84 Å². The van der Waals surface area contributed by atoms with Gasteiger partial charge in [0.15, 0.2) is 0 Å². The van der Waals surface area contributed by atoms with Crippen LogP contribution in [0, 0.1) is 0 Å². The van der Waals surface area contributed by atoms with Crippen LogP contribution in [0.1, 0.15) is 29.5 Å². The number of hydrogen-bond acceptors (Lipinski definition) is 2. The van der Waals surface area contributed by atoms with Gasteiger partial charge in [0.25, 0.3) is 0 Å². The summed E-state index contributed by atoms with van der Waals surface area (Å²) in [6, 6.07) is 16.8. The third-order valence-electron chi connectivity index (χ3n) is 3.84. The van der Waals surface area contributed by atoms with Gasteiger partial charge in [-0.2, -0.15) is 0 Å². The van der Waals surface area contributed by atoms with E-state index >= 15 is 0 Å². The minimum Gasteiger partial charge on any atom is -0.493 e. The second kappa shape index (κ2) is 6.59. The number of ether oxygens (including phenoxy) is 1. The summed E-state index contributed by atoms with van der Waals surface area (Å²) >= 11 is 0. The number of allylic oxidation sites excluding steroid dienone is 1. The van der Waals surface area contributed by atoms with Crippen molar-refractivity contribution in [2.75, 3.05) is 13.2 Å². The molecule has 2 aromatic rings. The fourth-order valence-corrected chi connectivity index (χ4v) is 2.74. The second-order valence-electron chi connectivity index (χ2n) is 5.29. The zero-order valence-electron chi connectivity index (χ0n) is 12.1. The zero-order valence-corrected chi connectivity index (χ0v) is 12.1. The van der Waals surface area contributed by atoms with Gasteiger partial charge < -0.3 is 9.84 Å². The molecule has 0 heterocycles. The van der Waals surface area contributed by atoms with E-state index < -0.39 is 0 Å². The van der Waals surface area contributed by atoms with Gasteiger partial charge in [0.1, 0.15) is 5.75 Å². The molecule has 0 atom stereocenters. The molecule has 1 aliphatic carbocycles. The summed E-state index contributed by atoms with van der Waals surface area (Å²) in [6.07, 6.45) is 5.03. The number of aliphatic hydroxyl groups is 1. The molecule has 0 spiro atoms. The lowest BCUT2D eigenvalue weighted by Gasteiger charge is -2.19. The lowest BCUT2D eigenvalue weighted by atomic mass is 9.88. The molecule has 0 fully saturated rings. The average Bonchev–Trinajstić information content (AvgIpc) is 2.56. The highest BCUT2D eigenvalue weighted by Gasteiger charge is 2.15. The maximum Gasteiger partial charge on any atom is 0.126 e. The number of hydrogen-bond donors (Lipinski definition) is 1. The summed E-state index contributed by atoms with van der Waals surface area (Å²) in [5, 5.41) is 8.88. The van der Waals surface area contributed by atoms with Crippen molar-refractivity contribution in [2.24, 2.45) is 0 Å². The Bertz CT molecular complexity index is 629. The molecule has 0 amide bonds. The normalized spacial score (nSPS) is 13.5. The molecule has 3 rings (SSSR count). The molecule has 0 bridgehead atoms. The molecule has 1 N–H and O–H groups in total. The lowest BCUT2D eigenvalue weighted by Crippen LogP contribution is -2.05. The fourth-order valence-electron chi connectivity index (χ4n) is 2.74. The van der Waals surface area contributed by atoms with Crippen LogP contribution in [0.2, 0.25) is 0 Å². The average molecular weight is 280 g/mol. The van der Waals surface area contributed by atoms with E-state index in [1.807, 2.05) is 12.1 Å². The van der Waals surface area contributed by atoms with Crippen molar-refractivity contribution >= 4 is 11.6 Å². The first-order chi connectivity index (χ1) is 10.4. The SMILES string of the molecule is OCCCOc1cccc2c1C=C(c1ccccc1)CC2. The summed E-state index contributed by atoms with van der Waals surface area (Å²) in [6.45, 7) is 0.724. The first kappa shape index (κ1) is 13.9. The molecule has 21 heavy (non-hydrogen) atoms. The summed E-state index contributed by atoms with van der Waals surface area (Å²) in [5.41, 5.74) is 5.19. The van der Waals surface area contributed by atoms with Crippen LogP contribution in [-0.2, 0) is 6.42 Å². The van der Waals surface area contributed by atoms with Crippen LogP contribution in [0.3, 0.4) is 0 Å². The van der Waals surface area contributed by atoms with Crippen molar-refractivity contribution in [3.8, 4) is 5.75 Å². The summed E-state index contributed by atoms with van der Waals surface area (Å²) in [7, 11) is 0. The smallest absolute Gasteiger partial charge is 0.126 e. The van der Waals surface area contributed by atoms with Crippen LogP contribution in [-0.4, -0.2) is 18.3 Å². The number of rotatable bonds is 5. The molecular weight excluding hydrogens is 260 g/mol. The highest BCUT2D eigenvalue weighted by molar-refractivity contribution is 5.86. The maximum absolute atomic E-state index is 8.88. The van der Waals surface area contributed by atoms with Crippen molar-refractivity contribution < 1.29 is 9.84 Å². The molecule has 0 unspecified atom stereocenters. The Kier molecular flexibility index (Phi) is 4.37. The molecule has 2 heteroatoms. The second-order valence-corrected chi connectivity index (χ2v) is 5.29. The first-order valence-electron chi connectivity index (χ1n) is 7.50. The molecule has 0 radical (unpaired) electrons. The van der Waals surface area contributed by atoms with Gasteiger partial charge >= 0.3 is 0 Å². The van der Waals surface area contributed by atoms with Gasteiger partial charge in [0.2, 0.25) is 0 Å². The van der Waals surface area contributed by atoms with E-state index in [-0.39, 0.29) is 6.61 Å². The van der Waals surface area contributed by atoms with E-state index in [1.165, 1.54) is 22.3 Å². The molecular formula is C19H20O2. The standard InChI is InChI=1S/C19H20O2/c20-12-5-13-21-19-9-4-8-16-10-11-17(14-18(16)19)15-6-2-1-3-7-15/h1-4,6-9,14,20H,5,10-13H2. The zero-order chi connectivity index (χ0) is 14.5. The van der Waals surface area contributed by atoms with Crippen molar-refractivity contribution in [1.82, 2.24) is 0 Å². The topological polar surface area (TPSA) is 29.5 Å². The fraction of sp³-hybridized carbons (Fsp3) is 0.263. The first-order valence-corrected chi connectivity index (χ1v) is 7.50. The Morgan fingerprint density at radius 1 is 0.952 bits per heavy atom. The van der Waals surface area contributed by atoms with Gasteiger partial charge in [-0.05, 0) is 41.7 Å². The Balaban J connectivity index is 1.91. The minimum absolute atomic E-state index is 0.167. The molecule has 1 aliphatic rings. The summed E-state index contributed by atoms with van der Waals surface area (Å²) < 4.78 is 5.82. The van der Waals surface area contributed by atoms with Crippen molar-refractivity contribution in [2.45, 2.75) is 19.3 Å². The highest BCUT2D eigenvalue weighted by atomic mass is 16.5. The minimum atomic E-state index is 0.167. The van der Waals surface area contributed by atoms with Gasteiger partial charge in [-0.25, -0.2) is 0 Å². The van der Waals surface area contributed by atoms with E-state index in [9.17, 15) is 0 Å². The Morgan fingerprint density at radius 2 is 1.81 bits per heavy atom. The molecule has 108 valence electrons. The summed E-state index contributed by atoms with van der Waals surface area (Å²) in [4.78, 5) is 0. The highest BCUT2D eigenvalue weighted by Crippen LogP contribution is 2.35. The van der Waals surface area contributed by atoms with Gasteiger partial charge in [-0.1, -0.05) is 42.5 Å². The monoisotopic (exact) mass is 280 g/mol. The summed E-state index contributed by atoms with van der Waals surface area (Å²) in [5.74, 6) is 0.925. The maximum atomic E-state index is 8.88. The number of aryl methyl sites for hydroxylation is 1. The van der Waals surface area contributed by atoms with E-state index in [1.54, 1.807) is 0 Å². The van der Waals surface area contributed by atoms with Crippen molar-refractivity contribution in [1.29, 1.82) is 0 Å². The molecule has 0 aromatic heterocycles. The Labute approximate surface area is 125 Å². The van der Waals surface area contributed by atoms with Gasteiger partial charge in [0, 0.05) is 18.6 Å². The van der Waals surface area contributed by atoms with Gasteiger partial charge in [-0.15, -0.1) is 0 Å². The van der Waals surface area contributed by atoms with Crippen molar-refractivity contribution in [3.63, 3.8) is 0 Å². The van der Waals surface area contributed by atoms with Crippen LogP contribution in [0.4, 0.5) is 0 Å². The molecule has 2 aromatic carbocycles. The predicted octanol–water partition coefficient (Wildman–Crippen LogP) is 3.93. The van der Waals surface area contributed by atoms with Crippen molar-refractivity contribution in [3.05, 3.63) is 65.2 Å².